The molecule has 0 unspecified atom stereocenters. The number of allylic oxidation sites excluding steroid dienone is 1. The average Bonchev–Trinajstić information content (AvgIpc) is 2.34. The Morgan fingerprint density at radius 2 is 2.40 bits per heavy atom. The highest BCUT2D eigenvalue weighted by Gasteiger charge is 2.20. The van der Waals surface area contributed by atoms with Crippen LogP contribution in [0.5, 0.6) is 0 Å². The quantitative estimate of drug-likeness (QED) is 0.522. The Balaban J connectivity index is 2.38. The highest BCUT2D eigenvalue weighted by atomic mass is 16.1. The maximum atomic E-state index is 11.0. The summed E-state index contributed by atoms with van der Waals surface area (Å²) < 4.78 is 0. The van der Waals surface area contributed by atoms with Crippen molar-refractivity contribution >= 4 is 5.91 Å². The minimum absolute atomic E-state index is 0.103. The first-order chi connectivity index (χ1) is 4.88. The zero-order valence-electron chi connectivity index (χ0n) is 5.68. The summed E-state index contributed by atoms with van der Waals surface area (Å²) in [6.07, 6.45) is 6.14. The van der Waals surface area contributed by atoms with Crippen molar-refractivity contribution in [3.05, 3.63) is 23.3 Å². The number of carbonyl (C=O) groups excluding carboxylic acids is 1. The van der Waals surface area contributed by atoms with Gasteiger partial charge >= 0.3 is 0 Å². The molecule has 1 N–H and O–H groups in total. The lowest BCUT2D eigenvalue weighted by molar-refractivity contribution is -0.116. The van der Waals surface area contributed by atoms with E-state index >= 15 is 0 Å². The van der Waals surface area contributed by atoms with E-state index in [2.05, 4.69) is 11.4 Å². The lowest BCUT2D eigenvalue weighted by Gasteiger charge is -2.03. The highest BCUT2D eigenvalue weighted by Crippen LogP contribution is 2.21. The standard InChI is InChI=1S/C8H9NO/c10-8-7-4-2-1-3-6(7)5-9-8/h2,4H,1,3,5H2,(H,9,10). The number of rotatable bonds is 0. The fourth-order valence-corrected chi connectivity index (χ4v) is 1.41. The molecule has 2 nitrogen and oxygen atoms in total. The van der Waals surface area contributed by atoms with Crippen LogP contribution in [0.25, 0.3) is 0 Å². The van der Waals surface area contributed by atoms with Crippen molar-refractivity contribution in [1.29, 1.82) is 0 Å². The van der Waals surface area contributed by atoms with Gasteiger partial charge in [0.05, 0.1) is 0 Å². The average molecular weight is 135 g/mol. The van der Waals surface area contributed by atoms with Crippen LogP contribution in [0.1, 0.15) is 12.8 Å². The molecule has 2 rings (SSSR count). The summed E-state index contributed by atoms with van der Waals surface area (Å²) in [4.78, 5) is 11.0. The van der Waals surface area contributed by atoms with Crippen molar-refractivity contribution in [3.63, 3.8) is 0 Å². The van der Waals surface area contributed by atoms with E-state index in [1.807, 2.05) is 6.08 Å². The minimum Gasteiger partial charge on any atom is -0.348 e. The van der Waals surface area contributed by atoms with Gasteiger partial charge in [0.1, 0.15) is 0 Å². The van der Waals surface area contributed by atoms with Gasteiger partial charge in [0, 0.05) is 12.1 Å². The Morgan fingerprint density at radius 1 is 1.50 bits per heavy atom. The summed E-state index contributed by atoms with van der Waals surface area (Å²) in [6.45, 7) is 0.776. The topological polar surface area (TPSA) is 29.1 Å². The molecule has 2 heteroatoms. The monoisotopic (exact) mass is 135 g/mol. The maximum absolute atomic E-state index is 11.0. The van der Waals surface area contributed by atoms with E-state index in [9.17, 15) is 4.79 Å². The molecule has 0 spiro atoms. The molecule has 0 saturated carbocycles. The first kappa shape index (κ1) is 5.71. The van der Waals surface area contributed by atoms with Gasteiger partial charge in [-0.3, -0.25) is 4.79 Å². The first-order valence-electron chi connectivity index (χ1n) is 3.55. The van der Waals surface area contributed by atoms with Crippen LogP contribution in [0.4, 0.5) is 0 Å². The van der Waals surface area contributed by atoms with Gasteiger partial charge in [0.2, 0.25) is 0 Å². The lowest BCUT2D eigenvalue weighted by Crippen LogP contribution is -2.16. The summed E-state index contributed by atoms with van der Waals surface area (Å²) in [5.41, 5.74) is 2.19. The molecule has 1 amide bonds. The van der Waals surface area contributed by atoms with Crippen LogP contribution in [-0.2, 0) is 4.79 Å². The van der Waals surface area contributed by atoms with Gasteiger partial charge in [0.25, 0.3) is 5.91 Å². The molecule has 1 aliphatic carbocycles. The van der Waals surface area contributed by atoms with E-state index in [0.29, 0.717) is 0 Å². The van der Waals surface area contributed by atoms with Crippen molar-refractivity contribution < 1.29 is 4.79 Å². The summed E-state index contributed by atoms with van der Waals surface area (Å²) in [5.74, 6) is 0.103. The number of carbonyl (C=O) groups is 1. The first-order valence-corrected chi connectivity index (χ1v) is 3.55. The van der Waals surface area contributed by atoms with E-state index < -0.39 is 0 Å². The predicted octanol–water partition coefficient (Wildman–Crippen LogP) is 0.763. The number of amides is 1. The number of nitrogens with one attached hydrogen (secondary N) is 1. The Kier molecular flexibility index (Phi) is 1.13. The largest absolute Gasteiger partial charge is 0.348 e. The molecule has 2 aliphatic rings. The van der Waals surface area contributed by atoms with E-state index in [1.165, 1.54) is 5.57 Å². The molecule has 0 aromatic rings. The van der Waals surface area contributed by atoms with Gasteiger partial charge < -0.3 is 5.32 Å². The molecular formula is C8H9NO. The van der Waals surface area contributed by atoms with E-state index in [4.69, 9.17) is 0 Å². The summed E-state index contributed by atoms with van der Waals surface area (Å²) in [5, 5.41) is 2.80. The second-order valence-electron chi connectivity index (χ2n) is 2.64. The lowest BCUT2D eigenvalue weighted by atomic mass is 10.0. The normalized spacial score (nSPS) is 23.0. The molecule has 0 aromatic heterocycles. The summed E-state index contributed by atoms with van der Waals surface area (Å²) in [7, 11) is 0. The van der Waals surface area contributed by atoms with Crippen LogP contribution in [-0.4, -0.2) is 12.5 Å². The van der Waals surface area contributed by atoms with E-state index in [1.54, 1.807) is 0 Å². The second-order valence-corrected chi connectivity index (χ2v) is 2.64. The molecule has 0 saturated heterocycles. The van der Waals surface area contributed by atoms with Crippen LogP contribution in [0, 0.1) is 0 Å². The van der Waals surface area contributed by atoms with Gasteiger partial charge in [0.15, 0.2) is 0 Å². The molecule has 52 valence electrons. The maximum Gasteiger partial charge on any atom is 0.251 e. The fourth-order valence-electron chi connectivity index (χ4n) is 1.41. The molecule has 0 aromatic carbocycles. The van der Waals surface area contributed by atoms with Crippen LogP contribution < -0.4 is 5.32 Å². The zero-order chi connectivity index (χ0) is 6.97. The van der Waals surface area contributed by atoms with E-state index in [-0.39, 0.29) is 5.91 Å². The Hall–Kier alpha value is -1.05. The summed E-state index contributed by atoms with van der Waals surface area (Å²) in [6, 6.07) is 0. The third kappa shape index (κ3) is 0.685. The van der Waals surface area contributed by atoms with E-state index in [0.717, 1.165) is 25.0 Å². The van der Waals surface area contributed by atoms with Gasteiger partial charge in [-0.05, 0) is 18.4 Å². The SMILES string of the molecule is O=C1NCC2=C1C=CCC2. The predicted molar refractivity (Wildman–Crippen MR) is 38.4 cm³/mol. The summed E-state index contributed by atoms with van der Waals surface area (Å²) >= 11 is 0. The Bertz CT molecular complexity index is 234. The molecule has 0 atom stereocenters. The number of hydrogen-bond acceptors (Lipinski definition) is 1. The Labute approximate surface area is 59.6 Å². The minimum atomic E-state index is 0.103. The highest BCUT2D eigenvalue weighted by molar-refractivity contribution is 5.99. The van der Waals surface area contributed by atoms with Crippen LogP contribution >= 0.6 is 0 Å². The second kappa shape index (κ2) is 1.97. The number of hydrogen-bond donors (Lipinski definition) is 1. The fraction of sp³-hybridized carbons (Fsp3) is 0.375. The zero-order valence-corrected chi connectivity index (χ0v) is 5.68. The molecule has 10 heavy (non-hydrogen) atoms. The third-order valence-electron chi connectivity index (χ3n) is 1.99. The van der Waals surface area contributed by atoms with Crippen LogP contribution in [0.15, 0.2) is 23.3 Å². The molecule has 0 bridgehead atoms. The van der Waals surface area contributed by atoms with Crippen molar-refractivity contribution in [3.8, 4) is 0 Å². The van der Waals surface area contributed by atoms with Gasteiger partial charge in [-0.25, -0.2) is 0 Å². The van der Waals surface area contributed by atoms with Gasteiger partial charge in [-0.2, -0.15) is 0 Å². The molecule has 1 aliphatic heterocycles. The molecule has 0 fully saturated rings. The van der Waals surface area contributed by atoms with Crippen LogP contribution in [0.2, 0.25) is 0 Å². The molecular weight excluding hydrogens is 126 g/mol. The van der Waals surface area contributed by atoms with Crippen LogP contribution in [0.3, 0.4) is 0 Å². The Morgan fingerprint density at radius 3 is 3.20 bits per heavy atom. The van der Waals surface area contributed by atoms with Crippen molar-refractivity contribution in [2.75, 3.05) is 6.54 Å². The van der Waals surface area contributed by atoms with Crippen molar-refractivity contribution in [2.45, 2.75) is 12.8 Å². The van der Waals surface area contributed by atoms with Gasteiger partial charge in [-0.15, -0.1) is 0 Å². The smallest absolute Gasteiger partial charge is 0.251 e. The van der Waals surface area contributed by atoms with Crippen molar-refractivity contribution in [1.82, 2.24) is 5.32 Å². The third-order valence-corrected chi connectivity index (χ3v) is 1.99. The molecule has 1 heterocycles. The molecule has 0 radical (unpaired) electrons. The van der Waals surface area contributed by atoms with Crippen molar-refractivity contribution in [2.24, 2.45) is 0 Å². The van der Waals surface area contributed by atoms with Gasteiger partial charge in [-0.1, -0.05) is 12.2 Å².